The van der Waals surface area contributed by atoms with Gasteiger partial charge in [-0.15, -0.1) is 10.1 Å². The Balaban J connectivity index is 2.10. The molecule has 9 nitrogen and oxygen atoms in total. The fraction of sp³-hybridized carbons (Fsp3) is 0.500. The Morgan fingerprint density at radius 1 is 1.24 bits per heavy atom. The maximum Gasteiger partial charge on any atom is 0.294 e. The van der Waals surface area contributed by atoms with Crippen molar-refractivity contribution in [1.82, 2.24) is 0 Å². The van der Waals surface area contributed by atoms with Gasteiger partial charge in [0, 0.05) is 0 Å². The van der Waals surface area contributed by atoms with E-state index in [1.807, 2.05) is 0 Å². The third-order valence-corrected chi connectivity index (χ3v) is 3.02. The van der Waals surface area contributed by atoms with Gasteiger partial charge in [0.15, 0.2) is 6.10 Å². The molecule has 5 atom stereocenters. The summed E-state index contributed by atoms with van der Waals surface area (Å²) in [5, 5.41) is 38.2. The van der Waals surface area contributed by atoms with Gasteiger partial charge in [-0.2, -0.15) is 0 Å². The van der Waals surface area contributed by atoms with Crippen molar-refractivity contribution >= 4 is 0 Å². The predicted octanol–water partition coefficient (Wildman–Crippen LogP) is -0.919. The summed E-state index contributed by atoms with van der Waals surface area (Å²) in [6, 6.07) is 8.37. The molecular weight excluding hydrogens is 286 g/mol. The molecule has 0 aliphatic carbocycles. The van der Waals surface area contributed by atoms with Crippen LogP contribution >= 0.6 is 0 Å². The van der Waals surface area contributed by atoms with Crippen LogP contribution in [0.15, 0.2) is 30.3 Å². The second-order valence-electron chi connectivity index (χ2n) is 4.43. The first-order valence-corrected chi connectivity index (χ1v) is 6.18. The summed E-state index contributed by atoms with van der Waals surface area (Å²) in [4.78, 5) is 14.6. The van der Waals surface area contributed by atoms with Crippen molar-refractivity contribution in [3.05, 3.63) is 40.4 Å². The standard InChI is InChI=1S/C12H15NO8/c14-6-8-11(21-13(17)18)9(15)10(16)12(20-8)19-7-4-2-1-3-5-7/h1-5,8-12,14-16H,6H2/t8-,9-,10-,11+,12-/m1/s1. The van der Waals surface area contributed by atoms with Gasteiger partial charge in [-0.05, 0) is 12.1 Å². The molecule has 0 saturated carbocycles. The second kappa shape index (κ2) is 6.68. The van der Waals surface area contributed by atoms with E-state index in [0.29, 0.717) is 5.75 Å². The third-order valence-electron chi connectivity index (χ3n) is 3.02. The van der Waals surface area contributed by atoms with Crippen molar-refractivity contribution in [2.45, 2.75) is 30.7 Å². The minimum atomic E-state index is -1.64. The van der Waals surface area contributed by atoms with E-state index in [1.165, 1.54) is 0 Å². The third kappa shape index (κ3) is 3.58. The van der Waals surface area contributed by atoms with Crippen molar-refractivity contribution in [2.24, 2.45) is 0 Å². The lowest BCUT2D eigenvalue weighted by Crippen LogP contribution is -2.61. The topological polar surface area (TPSA) is 132 Å². The fourth-order valence-electron chi connectivity index (χ4n) is 2.01. The number of para-hydroxylation sites is 1. The van der Waals surface area contributed by atoms with E-state index in [1.54, 1.807) is 30.3 Å². The molecule has 0 unspecified atom stereocenters. The molecule has 0 radical (unpaired) electrons. The molecule has 3 N–H and O–H groups in total. The SMILES string of the molecule is O=[N+]([O-])O[C@@H]1[C@H](O)[C@@H](O)[C@H](Oc2ccccc2)O[C@@H]1CO. The number of hydrogen-bond donors (Lipinski definition) is 3. The monoisotopic (exact) mass is 301 g/mol. The van der Waals surface area contributed by atoms with Crippen LogP contribution in [0.4, 0.5) is 0 Å². The molecule has 9 heteroatoms. The van der Waals surface area contributed by atoms with E-state index in [0.717, 1.165) is 0 Å². The molecule has 0 bridgehead atoms. The van der Waals surface area contributed by atoms with Gasteiger partial charge in [-0.25, -0.2) is 0 Å². The van der Waals surface area contributed by atoms with Crippen LogP contribution < -0.4 is 4.74 Å². The van der Waals surface area contributed by atoms with Crippen LogP contribution in [-0.4, -0.2) is 57.7 Å². The van der Waals surface area contributed by atoms with Gasteiger partial charge < -0.3 is 29.6 Å². The first-order valence-electron chi connectivity index (χ1n) is 6.18. The molecule has 0 aromatic heterocycles. The van der Waals surface area contributed by atoms with Crippen molar-refractivity contribution in [2.75, 3.05) is 6.61 Å². The quantitative estimate of drug-likeness (QED) is 0.470. The van der Waals surface area contributed by atoms with Gasteiger partial charge in [-0.3, -0.25) is 0 Å². The number of benzene rings is 1. The van der Waals surface area contributed by atoms with Gasteiger partial charge in [0.25, 0.3) is 5.09 Å². The first kappa shape index (κ1) is 15.4. The molecular formula is C12H15NO8. The van der Waals surface area contributed by atoms with Crippen LogP contribution in [0.3, 0.4) is 0 Å². The molecule has 0 amide bonds. The molecule has 2 rings (SSSR count). The zero-order chi connectivity index (χ0) is 15.4. The normalized spacial score (nSPS) is 32.4. The van der Waals surface area contributed by atoms with E-state index < -0.39 is 42.4 Å². The van der Waals surface area contributed by atoms with Crippen LogP contribution in [-0.2, 0) is 9.57 Å². The zero-order valence-corrected chi connectivity index (χ0v) is 10.8. The number of aliphatic hydroxyl groups is 3. The van der Waals surface area contributed by atoms with E-state index in [9.17, 15) is 25.4 Å². The van der Waals surface area contributed by atoms with Crippen LogP contribution in [0, 0.1) is 10.1 Å². The smallest absolute Gasteiger partial charge is 0.294 e. The zero-order valence-electron chi connectivity index (χ0n) is 10.8. The maximum absolute atomic E-state index is 10.4. The number of aliphatic hydroxyl groups excluding tert-OH is 3. The molecule has 1 aromatic carbocycles. The molecule has 116 valence electrons. The highest BCUT2D eigenvalue weighted by Gasteiger charge is 2.47. The summed E-state index contributed by atoms with van der Waals surface area (Å²) in [6.07, 6.45) is -7.21. The van der Waals surface area contributed by atoms with Gasteiger partial charge >= 0.3 is 0 Å². The summed E-state index contributed by atoms with van der Waals surface area (Å²) < 4.78 is 10.6. The van der Waals surface area contributed by atoms with E-state index >= 15 is 0 Å². The Morgan fingerprint density at radius 3 is 2.48 bits per heavy atom. The Labute approximate surface area is 119 Å². The summed E-state index contributed by atoms with van der Waals surface area (Å²) in [5.41, 5.74) is 0. The minimum Gasteiger partial charge on any atom is -0.462 e. The van der Waals surface area contributed by atoms with Crippen LogP contribution in [0.1, 0.15) is 0 Å². The highest BCUT2D eigenvalue weighted by Crippen LogP contribution is 2.25. The first-order chi connectivity index (χ1) is 10.0. The Hall–Kier alpha value is -1.94. The summed E-state index contributed by atoms with van der Waals surface area (Å²) in [5.74, 6) is 0.374. The van der Waals surface area contributed by atoms with Crippen molar-refractivity contribution in [3.63, 3.8) is 0 Å². The maximum atomic E-state index is 10.4. The molecule has 1 saturated heterocycles. The second-order valence-corrected chi connectivity index (χ2v) is 4.43. The highest BCUT2D eigenvalue weighted by atomic mass is 17.0. The van der Waals surface area contributed by atoms with Crippen LogP contribution in [0.2, 0.25) is 0 Å². The lowest BCUT2D eigenvalue weighted by atomic mass is 9.99. The largest absolute Gasteiger partial charge is 0.462 e. The Bertz CT molecular complexity index is 468. The molecule has 1 aliphatic rings. The van der Waals surface area contributed by atoms with Crippen molar-refractivity contribution < 1.29 is 34.7 Å². The number of rotatable bonds is 5. The van der Waals surface area contributed by atoms with Gasteiger partial charge in [0.2, 0.25) is 6.29 Å². The molecule has 0 spiro atoms. The lowest BCUT2D eigenvalue weighted by Gasteiger charge is -2.40. The molecule has 1 fully saturated rings. The molecule has 1 aromatic rings. The number of hydrogen-bond acceptors (Lipinski definition) is 8. The van der Waals surface area contributed by atoms with Gasteiger partial charge in [-0.1, -0.05) is 18.2 Å². The summed E-state index contributed by atoms with van der Waals surface area (Å²) >= 11 is 0. The van der Waals surface area contributed by atoms with Gasteiger partial charge in [0.1, 0.15) is 24.1 Å². The Kier molecular flexibility index (Phi) is 4.91. The molecule has 1 heterocycles. The number of ether oxygens (including phenoxy) is 2. The highest BCUT2D eigenvalue weighted by molar-refractivity contribution is 5.21. The van der Waals surface area contributed by atoms with Crippen molar-refractivity contribution in [3.8, 4) is 5.75 Å². The lowest BCUT2D eigenvalue weighted by molar-refractivity contribution is -0.774. The van der Waals surface area contributed by atoms with Crippen LogP contribution in [0.5, 0.6) is 5.75 Å². The molecule has 21 heavy (non-hydrogen) atoms. The van der Waals surface area contributed by atoms with E-state index in [2.05, 4.69) is 4.84 Å². The van der Waals surface area contributed by atoms with Crippen molar-refractivity contribution in [1.29, 1.82) is 0 Å². The fourth-order valence-corrected chi connectivity index (χ4v) is 2.01. The minimum absolute atomic E-state index is 0.374. The van der Waals surface area contributed by atoms with Crippen LogP contribution in [0.25, 0.3) is 0 Å². The molecule has 1 aliphatic heterocycles. The van der Waals surface area contributed by atoms with E-state index in [-0.39, 0.29) is 0 Å². The number of nitrogens with zero attached hydrogens (tertiary/aromatic N) is 1. The average molecular weight is 301 g/mol. The summed E-state index contributed by atoms with van der Waals surface area (Å²) in [7, 11) is 0. The van der Waals surface area contributed by atoms with E-state index in [4.69, 9.17) is 9.47 Å². The average Bonchev–Trinajstić information content (AvgIpc) is 2.47. The summed E-state index contributed by atoms with van der Waals surface area (Å²) in [6.45, 7) is -0.642. The Morgan fingerprint density at radius 2 is 1.90 bits per heavy atom. The van der Waals surface area contributed by atoms with Gasteiger partial charge in [0.05, 0.1) is 6.61 Å². The predicted molar refractivity (Wildman–Crippen MR) is 66.7 cm³/mol.